The topological polar surface area (TPSA) is 53.0 Å². The zero-order valence-corrected chi connectivity index (χ0v) is 10.3. The average Bonchev–Trinajstić information content (AvgIpc) is 2.38. The van der Waals surface area contributed by atoms with Crippen molar-refractivity contribution in [3.63, 3.8) is 0 Å². The Morgan fingerprint density at radius 3 is 2.67 bits per heavy atom. The first-order valence-corrected chi connectivity index (χ1v) is 5.75. The van der Waals surface area contributed by atoms with Crippen LogP contribution < -0.4 is 10.6 Å². The predicted molar refractivity (Wildman–Crippen MR) is 74.1 cm³/mol. The van der Waals surface area contributed by atoms with Crippen LogP contribution in [0.1, 0.15) is 11.1 Å². The van der Waals surface area contributed by atoms with Gasteiger partial charge in [-0.2, -0.15) is 5.26 Å². The molecule has 18 heavy (non-hydrogen) atoms. The summed E-state index contributed by atoms with van der Waals surface area (Å²) in [6.07, 6.45) is 0. The van der Waals surface area contributed by atoms with Crippen LogP contribution in [0.5, 0.6) is 0 Å². The highest BCUT2D eigenvalue weighted by Gasteiger charge is 2.06. The van der Waals surface area contributed by atoms with Gasteiger partial charge >= 0.3 is 0 Å². The van der Waals surface area contributed by atoms with Crippen molar-refractivity contribution in [2.75, 3.05) is 17.7 Å². The molecule has 0 unspecified atom stereocenters. The van der Waals surface area contributed by atoms with Crippen LogP contribution in [0.3, 0.4) is 0 Å². The quantitative estimate of drug-likeness (QED) is 0.835. The summed E-state index contributed by atoms with van der Waals surface area (Å²) in [4.78, 5) is 2.05. The Balaban J connectivity index is 2.22. The predicted octanol–water partition coefficient (Wildman–Crippen LogP) is 2.78. The molecule has 2 aromatic carbocycles. The van der Waals surface area contributed by atoms with E-state index < -0.39 is 0 Å². The van der Waals surface area contributed by atoms with Crippen molar-refractivity contribution in [3.8, 4) is 6.07 Å². The van der Waals surface area contributed by atoms with Crippen molar-refractivity contribution in [3.05, 3.63) is 59.7 Å². The molecule has 2 aromatic rings. The van der Waals surface area contributed by atoms with Gasteiger partial charge in [-0.1, -0.05) is 24.3 Å². The van der Waals surface area contributed by atoms with Crippen LogP contribution >= 0.6 is 0 Å². The number of nitrogen functional groups attached to an aromatic ring is 1. The monoisotopic (exact) mass is 237 g/mol. The van der Waals surface area contributed by atoms with Gasteiger partial charge in [0, 0.05) is 19.3 Å². The van der Waals surface area contributed by atoms with Crippen molar-refractivity contribution in [2.24, 2.45) is 0 Å². The standard InChI is InChI=1S/C15H15N3/c1-18(11-12-5-4-7-14(17)9-12)15-8-3-2-6-13(15)10-16/h2-9H,11,17H2,1H3. The van der Waals surface area contributed by atoms with Crippen LogP contribution in [0.2, 0.25) is 0 Å². The molecule has 0 aliphatic rings. The van der Waals surface area contributed by atoms with Gasteiger partial charge in [0.2, 0.25) is 0 Å². The Bertz CT molecular complexity index is 584. The highest BCUT2D eigenvalue weighted by Crippen LogP contribution is 2.20. The number of nitrogens with zero attached hydrogens (tertiary/aromatic N) is 2. The number of benzene rings is 2. The van der Waals surface area contributed by atoms with Crippen molar-refractivity contribution >= 4 is 11.4 Å². The largest absolute Gasteiger partial charge is 0.399 e. The summed E-state index contributed by atoms with van der Waals surface area (Å²) in [7, 11) is 1.97. The minimum atomic E-state index is 0.684. The van der Waals surface area contributed by atoms with Gasteiger partial charge in [0.1, 0.15) is 6.07 Å². The number of hydrogen-bond donors (Lipinski definition) is 1. The van der Waals surface area contributed by atoms with Crippen LogP contribution in [0.25, 0.3) is 0 Å². The molecular weight excluding hydrogens is 222 g/mol. The molecule has 0 radical (unpaired) electrons. The SMILES string of the molecule is CN(Cc1cccc(N)c1)c1ccccc1C#N. The maximum atomic E-state index is 9.08. The van der Waals surface area contributed by atoms with E-state index in [2.05, 4.69) is 6.07 Å². The lowest BCUT2D eigenvalue weighted by Gasteiger charge is -2.20. The van der Waals surface area contributed by atoms with E-state index in [0.717, 1.165) is 23.5 Å². The van der Waals surface area contributed by atoms with E-state index in [1.165, 1.54) is 0 Å². The smallest absolute Gasteiger partial charge is 0.101 e. The van der Waals surface area contributed by atoms with Crippen molar-refractivity contribution in [1.29, 1.82) is 5.26 Å². The zero-order chi connectivity index (χ0) is 13.0. The molecule has 0 bridgehead atoms. The maximum Gasteiger partial charge on any atom is 0.101 e. The van der Waals surface area contributed by atoms with E-state index in [0.29, 0.717) is 5.56 Å². The summed E-state index contributed by atoms with van der Waals surface area (Å²) >= 11 is 0. The van der Waals surface area contributed by atoms with Crippen LogP contribution in [-0.4, -0.2) is 7.05 Å². The van der Waals surface area contributed by atoms with E-state index in [1.807, 2.05) is 60.5 Å². The second kappa shape index (κ2) is 5.24. The van der Waals surface area contributed by atoms with Gasteiger partial charge in [0.25, 0.3) is 0 Å². The van der Waals surface area contributed by atoms with Gasteiger partial charge in [0.05, 0.1) is 11.3 Å². The molecule has 0 amide bonds. The van der Waals surface area contributed by atoms with Crippen LogP contribution in [0.4, 0.5) is 11.4 Å². The fourth-order valence-corrected chi connectivity index (χ4v) is 1.95. The lowest BCUT2D eigenvalue weighted by molar-refractivity contribution is 0.921. The molecule has 0 aromatic heterocycles. The average molecular weight is 237 g/mol. The summed E-state index contributed by atoms with van der Waals surface area (Å²) in [5, 5.41) is 9.08. The van der Waals surface area contributed by atoms with Gasteiger partial charge in [-0.25, -0.2) is 0 Å². The number of para-hydroxylation sites is 1. The molecule has 2 rings (SSSR count). The third-order valence-corrected chi connectivity index (χ3v) is 2.81. The van der Waals surface area contributed by atoms with Crippen molar-refractivity contribution in [2.45, 2.75) is 6.54 Å². The molecule has 0 aliphatic carbocycles. The Labute approximate surface area is 107 Å². The Morgan fingerprint density at radius 2 is 1.94 bits per heavy atom. The van der Waals surface area contributed by atoms with Crippen LogP contribution in [-0.2, 0) is 6.54 Å². The third kappa shape index (κ3) is 2.61. The molecule has 90 valence electrons. The Kier molecular flexibility index (Phi) is 3.49. The highest BCUT2D eigenvalue weighted by molar-refractivity contribution is 5.59. The van der Waals surface area contributed by atoms with E-state index in [9.17, 15) is 0 Å². The Morgan fingerprint density at radius 1 is 1.17 bits per heavy atom. The molecule has 0 aliphatic heterocycles. The van der Waals surface area contributed by atoms with Gasteiger partial charge in [-0.05, 0) is 29.8 Å². The first-order valence-electron chi connectivity index (χ1n) is 5.75. The second-order valence-electron chi connectivity index (χ2n) is 4.23. The molecule has 3 nitrogen and oxygen atoms in total. The van der Waals surface area contributed by atoms with Gasteiger partial charge < -0.3 is 10.6 Å². The second-order valence-corrected chi connectivity index (χ2v) is 4.23. The molecule has 0 spiro atoms. The van der Waals surface area contributed by atoms with Gasteiger partial charge in [-0.3, -0.25) is 0 Å². The lowest BCUT2D eigenvalue weighted by atomic mass is 10.1. The highest BCUT2D eigenvalue weighted by atomic mass is 15.1. The summed E-state index contributed by atoms with van der Waals surface area (Å²) in [5.41, 5.74) is 9.26. The molecular formula is C15H15N3. The number of anilines is 2. The minimum Gasteiger partial charge on any atom is -0.399 e. The van der Waals surface area contributed by atoms with Gasteiger partial charge in [-0.15, -0.1) is 0 Å². The molecule has 0 saturated heterocycles. The van der Waals surface area contributed by atoms with E-state index in [1.54, 1.807) is 0 Å². The molecule has 0 heterocycles. The third-order valence-electron chi connectivity index (χ3n) is 2.81. The maximum absolute atomic E-state index is 9.08. The summed E-state index contributed by atoms with van der Waals surface area (Å²) in [6, 6.07) is 17.6. The fraction of sp³-hybridized carbons (Fsp3) is 0.133. The van der Waals surface area contributed by atoms with Crippen LogP contribution in [0.15, 0.2) is 48.5 Å². The van der Waals surface area contributed by atoms with E-state index in [4.69, 9.17) is 11.0 Å². The number of rotatable bonds is 3. The summed E-state index contributed by atoms with van der Waals surface area (Å²) in [6.45, 7) is 0.726. The number of hydrogen-bond acceptors (Lipinski definition) is 3. The molecule has 0 fully saturated rings. The Hall–Kier alpha value is -2.47. The zero-order valence-electron chi connectivity index (χ0n) is 10.3. The molecule has 0 atom stereocenters. The molecule has 2 N–H and O–H groups in total. The fourth-order valence-electron chi connectivity index (χ4n) is 1.95. The van der Waals surface area contributed by atoms with Crippen LogP contribution in [0, 0.1) is 11.3 Å². The first-order chi connectivity index (χ1) is 8.70. The summed E-state index contributed by atoms with van der Waals surface area (Å²) in [5.74, 6) is 0. The van der Waals surface area contributed by atoms with E-state index >= 15 is 0 Å². The lowest BCUT2D eigenvalue weighted by Crippen LogP contribution is -2.17. The van der Waals surface area contributed by atoms with Crippen molar-refractivity contribution in [1.82, 2.24) is 0 Å². The molecule has 3 heteroatoms. The van der Waals surface area contributed by atoms with Crippen molar-refractivity contribution < 1.29 is 0 Å². The van der Waals surface area contributed by atoms with E-state index in [-0.39, 0.29) is 0 Å². The minimum absolute atomic E-state index is 0.684. The number of nitrogens with two attached hydrogens (primary N) is 1. The molecule has 0 saturated carbocycles. The normalized spacial score (nSPS) is 9.78. The first kappa shape index (κ1) is 12.0. The number of nitriles is 1. The van der Waals surface area contributed by atoms with Gasteiger partial charge in [0.15, 0.2) is 0 Å². The summed E-state index contributed by atoms with van der Waals surface area (Å²) < 4.78 is 0.